The van der Waals surface area contributed by atoms with E-state index in [-0.39, 0.29) is 48.3 Å². The summed E-state index contributed by atoms with van der Waals surface area (Å²) >= 11 is 0. The molecule has 3 N–H and O–H groups in total. The highest BCUT2D eigenvalue weighted by Crippen LogP contribution is 2.67. The van der Waals surface area contributed by atoms with Crippen LogP contribution in [0.4, 0.5) is 9.59 Å². The summed E-state index contributed by atoms with van der Waals surface area (Å²) in [5.74, 6) is 5.43. The molecule has 2 unspecified atom stereocenters. The average Bonchev–Trinajstić information content (AvgIpc) is 3.57. The zero-order chi connectivity index (χ0) is 49.7. The smallest absolute Gasteiger partial charge is 0.407 e. The van der Waals surface area contributed by atoms with Crippen LogP contribution in [-0.2, 0) is 23.8 Å². The second-order valence-electron chi connectivity index (χ2n) is 24.7. The van der Waals surface area contributed by atoms with Gasteiger partial charge in [-0.05, 0) is 204 Å². The second-order valence-corrected chi connectivity index (χ2v) is 24.7. The first kappa shape index (κ1) is 56.8. The minimum atomic E-state index is -0.593. The molecule has 0 saturated heterocycles. The predicted molar refractivity (Wildman–Crippen MR) is 272 cm³/mol. The predicted octanol–water partition coefficient (Wildman–Crippen LogP) is 12.6. The van der Waals surface area contributed by atoms with E-state index in [1.54, 1.807) is 0 Å². The standard InChI is InChI=1S/C56H100N4O7/c1-15-42(38(2)3)22-21-39(4)46-25-26-47-45-24-23-43-37-44(27-31-55(43,13)48(45)28-32-56(46,47)14)65-50(62)20-18-19-49(61)60(36-30-41(6)59-52(64)67-54(10,11)12)35-17-16-33-57-34-29-40(5)58-51(63)66-53(7,8)9/h23,38-42,44-48,57H,15-22,24-37H2,1-14H3,(H,58,63)(H,59,64)/t39-,40?,41?,42-,44+,45+,46-,47+,48+,55+,56-/m1/s1. The maximum Gasteiger partial charge on any atom is 0.407 e. The Kier molecular flexibility index (Phi) is 21.5. The molecule has 0 radical (unpaired) electrons. The zero-order valence-corrected chi connectivity index (χ0v) is 45.2. The summed E-state index contributed by atoms with van der Waals surface area (Å²) in [6.45, 7) is 32.6. The number of alkyl carbamates (subject to hydrolysis) is 2. The van der Waals surface area contributed by atoms with E-state index in [0.717, 1.165) is 93.0 Å². The second kappa shape index (κ2) is 25.3. The molecule has 11 heteroatoms. The molecule has 0 spiro atoms. The van der Waals surface area contributed by atoms with Gasteiger partial charge in [0, 0.05) is 44.4 Å². The number of hydrogen-bond acceptors (Lipinski definition) is 8. The van der Waals surface area contributed by atoms with Crippen molar-refractivity contribution in [2.75, 3.05) is 26.2 Å². The largest absolute Gasteiger partial charge is 0.462 e. The molecule has 0 heterocycles. The van der Waals surface area contributed by atoms with Crippen molar-refractivity contribution in [2.45, 2.75) is 242 Å². The molecule has 3 amide bonds. The minimum absolute atomic E-state index is 0.0190. The first-order chi connectivity index (χ1) is 31.3. The van der Waals surface area contributed by atoms with Crippen LogP contribution in [-0.4, -0.2) is 84.5 Å². The minimum Gasteiger partial charge on any atom is -0.462 e. The van der Waals surface area contributed by atoms with E-state index in [2.05, 4.69) is 63.6 Å². The van der Waals surface area contributed by atoms with Gasteiger partial charge in [0.15, 0.2) is 0 Å². The van der Waals surface area contributed by atoms with Gasteiger partial charge in [0.1, 0.15) is 17.3 Å². The van der Waals surface area contributed by atoms with Crippen LogP contribution in [0.15, 0.2) is 11.6 Å². The van der Waals surface area contributed by atoms with Gasteiger partial charge in [-0.2, -0.15) is 0 Å². The highest BCUT2D eigenvalue weighted by Gasteiger charge is 2.59. The Balaban J connectivity index is 1.23. The Morgan fingerprint density at radius 3 is 2.03 bits per heavy atom. The van der Waals surface area contributed by atoms with Gasteiger partial charge in [-0.25, -0.2) is 9.59 Å². The van der Waals surface area contributed by atoms with E-state index in [1.165, 1.54) is 56.9 Å². The van der Waals surface area contributed by atoms with Gasteiger partial charge in [0.05, 0.1) is 0 Å². The number of unbranched alkanes of at least 4 members (excludes halogenated alkanes) is 1. The van der Waals surface area contributed by atoms with Crippen LogP contribution in [0.2, 0.25) is 0 Å². The monoisotopic (exact) mass is 941 g/mol. The maximum absolute atomic E-state index is 13.7. The van der Waals surface area contributed by atoms with Crippen LogP contribution in [0.25, 0.3) is 0 Å². The summed E-state index contributed by atoms with van der Waals surface area (Å²) in [7, 11) is 0. The molecule has 0 aromatic heterocycles. The fourth-order valence-corrected chi connectivity index (χ4v) is 13.0. The van der Waals surface area contributed by atoms with Crippen LogP contribution in [0.5, 0.6) is 0 Å². The number of carbonyl (C=O) groups excluding carboxylic acids is 4. The Morgan fingerprint density at radius 2 is 1.40 bits per heavy atom. The number of nitrogens with zero attached hydrogens (tertiary/aromatic N) is 1. The molecule has 11 atom stereocenters. The van der Waals surface area contributed by atoms with Crippen molar-refractivity contribution in [2.24, 2.45) is 52.3 Å². The molecule has 3 saturated carbocycles. The molecule has 0 aromatic carbocycles. The number of amides is 3. The lowest BCUT2D eigenvalue weighted by molar-refractivity contribution is -0.151. The van der Waals surface area contributed by atoms with Crippen molar-refractivity contribution < 1.29 is 33.4 Å². The van der Waals surface area contributed by atoms with E-state index in [4.69, 9.17) is 14.2 Å². The van der Waals surface area contributed by atoms with Gasteiger partial charge in [-0.3, -0.25) is 9.59 Å². The SMILES string of the molecule is CC[C@H](CC[C@@H](C)[C@H]1CC[C@H]2[C@@H]3CC=C4C[C@@H](OC(=O)CCCC(=O)N(CCCCNCCC(C)NC(=O)OC(C)(C)C)CCC(C)NC(=O)OC(C)(C)C)CC[C@]4(C)[C@H]3CC[C@]12C)C(C)C. The summed E-state index contributed by atoms with van der Waals surface area (Å²) in [6, 6.07) is -0.202. The summed E-state index contributed by atoms with van der Waals surface area (Å²) in [5, 5.41) is 9.24. The average molecular weight is 941 g/mol. The van der Waals surface area contributed by atoms with Crippen LogP contribution in [0.1, 0.15) is 213 Å². The number of nitrogens with one attached hydrogen (secondary N) is 3. The molecule has 4 aliphatic rings. The Labute approximate surface area is 408 Å². The molecule has 0 aliphatic heterocycles. The van der Waals surface area contributed by atoms with Gasteiger partial charge in [0.2, 0.25) is 5.91 Å². The Morgan fingerprint density at radius 1 is 0.746 bits per heavy atom. The van der Waals surface area contributed by atoms with Crippen molar-refractivity contribution >= 4 is 24.1 Å². The molecule has 4 rings (SSSR count). The van der Waals surface area contributed by atoms with E-state index >= 15 is 0 Å². The fraction of sp³-hybridized carbons (Fsp3) is 0.893. The summed E-state index contributed by atoms with van der Waals surface area (Å²) in [5.41, 5.74) is 1.07. The summed E-state index contributed by atoms with van der Waals surface area (Å²) < 4.78 is 17.0. The van der Waals surface area contributed by atoms with Gasteiger partial charge in [0.25, 0.3) is 0 Å². The molecule has 4 aliphatic carbocycles. The normalized spacial score (nSPS) is 27.9. The Bertz CT molecular complexity index is 1620. The van der Waals surface area contributed by atoms with Gasteiger partial charge < -0.3 is 35.1 Å². The van der Waals surface area contributed by atoms with E-state index in [9.17, 15) is 19.2 Å². The molecular formula is C56H100N4O7. The molecule has 3 fully saturated rings. The number of esters is 1. The fourth-order valence-electron chi connectivity index (χ4n) is 13.0. The summed E-state index contributed by atoms with van der Waals surface area (Å²) in [6.07, 6.45) is 19.2. The number of ether oxygens (including phenoxy) is 3. The van der Waals surface area contributed by atoms with Crippen molar-refractivity contribution in [3.63, 3.8) is 0 Å². The van der Waals surface area contributed by atoms with Crippen molar-refractivity contribution in [3.05, 3.63) is 11.6 Å². The third-order valence-corrected chi connectivity index (χ3v) is 16.8. The molecule has 0 aromatic rings. The van der Waals surface area contributed by atoms with Crippen LogP contribution >= 0.6 is 0 Å². The number of fused-ring (bicyclic) bond motifs is 5. The summed E-state index contributed by atoms with van der Waals surface area (Å²) in [4.78, 5) is 53.4. The van der Waals surface area contributed by atoms with Crippen molar-refractivity contribution in [3.8, 4) is 0 Å². The third kappa shape index (κ3) is 17.2. The highest BCUT2D eigenvalue weighted by molar-refractivity contribution is 5.77. The third-order valence-electron chi connectivity index (χ3n) is 16.8. The van der Waals surface area contributed by atoms with Crippen LogP contribution in [0, 0.1) is 52.3 Å². The maximum atomic E-state index is 13.7. The number of hydrogen-bond donors (Lipinski definition) is 3. The Hall–Kier alpha value is -2.82. The van der Waals surface area contributed by atoms with E-state index < -0.39 is 23.4 Å². The van der Waals surface area contributed by atoms with E-state index in [0.29, 0.717) is 31.3 Å². The molecule has 386 valence electrons. The lowest BCUT2D eigenvalue weighted by Crippen LogP contribution is -2.51. The first-order valence-electron chi connectivity index (χ1n) is 27.2. The van der Waals surface area contributed by atoms with Crippen molar-refractivity contribution in [1.29, 1.82) is 0 Å². The van der Waals surface area contributed by atoms with Gasteiger partial charge >= 0.3 is 18.2 Å². The molecule has 67 heavy (non-hydrogen) atoms. The molecule has 0 bridgehead atoms. The van der Waals surface area contributed by atoms with Crippen LogP contribution < -0.4 is 16.0 Å². The van der Waals surface area contributed by atoms with Gasteiger partial charge in [-0.1, -0.05) is 66.0 Å². The van der Waals surface area contributed by atoms with Crippen LogP contribution in [0.3, 0.4) is 0 Å². The highest BCUT2D eigenvalue weighted by atomic mass is 16.6. The first-order valence-corrected chi connectivity index (χ1v) is 27.2. The van der Waals surface area contributed by atoms with Crippen molar-refractivity contribution in [1.82, 2.24) is 20.9 Å². The number of rotatable bonds is 24. The lowest BCUT2D eigenvalue weighted by atomic mass is 9.47. The number of allylic oxidation sites excluding steroid dienone is 1. The molecular weight excluding hydrogens is 841 g/mol. The quantitative estimate of drug-likeness (QED) is 0.0377. The lowest BCUT2D eigenvalue weighted by Gasteiger charge is -2.58. The zero-order valence-electron chi connectivity index (χ0n) is 45.2. The van der Waals surface area contributed by atoms with Gasteiger partial charge in [-0.15, -0.1) is 0 Å². The van der Waals surface area contributed by atoms with E-state index in [1.807, 2.05) is 60.3 Å². The molecule has 11 nitrogen and oxygen atoms in total. The topological polar surface area (TPSA) is 135 Å². The number of carbonyl (C=O) groups is 4.